The second-order valence-corrected chi connectivity index (χ2v) is 5.45. The maximum atomic E-state index is 5.95. The van der Waals surface area contributed by atoms with Crippen molar-refractivity contribution in [2.24, 2.45) is 0 Å². The van der Waals surface area contributed by atoms with Crippen LogP contribution in [-0.2, 0) is 6.42 Å². The van der Waals surface area contributed by atoms with Crippen LogP contribution in [0.1, 0.15) is 11.4 Å². The number of pyridine rings is 1. The molecule has 0 atom stereocenters. The van der Waals surface area contributed by atoms with Crippen molar-refractivity contribution < 1.29 is 0 Å². The average Bonchev–Trinajstić information content (AvgIpc) is 2.77. The SMILES string of the molecule is Cc1cnc2c(c1)nc(CCCl)n2-c1ccc(Cl)cc1. The van der Waals surface area contributed by atoms with Crippen molar-refractivity contribution in [3.8, 4) is 5.69 Å². The van der Waals surface area contributed by atoms with E-state index in [0.717, 1.165) is 28.2 Å². The summed E-state index contributed by atoms with van der Waals surface area (Å²) >= 11 is 11.8. The highest BCUT2D eigenvalue weighted by Crippen LogP contribution is 2.22. The van der Waals surface area contributed by atoms with Gasteiger partial charge in [0.25, 0.3) is 0 Å². The molecule has 0 N–H and O–H groups in total. The smallest absolute Gasteiger partial charge is 0.164 e. The summed E-state index contributed by atoms with van der Waals surface area (Å²) in [7, 11) is 0. The number of hydrogen-bond acceptors (Lipinski definition) is 2. The largest absolute Gasteiger partial charge is 0.281 e. The molecule has 3 rings (SSSR count). The second kappa shape index (κ2) is 5.43. The minimum absolute atomic E-state index is 0.524. The lowest BCUT2D eigenvalue weighted by Gasteiger charge is -2.08. The number of aromatic nitrogens is 3. The van der Waals surface area contributed by atoms with Crippen molar-refractivity contribution in [1.29, 1.82) is 0 Å². The van der Waals surface area contributed by atoms with Crippen LogP contribution in [0.2, 0.25) is 5.02 Å². The Hall–Kier alpha value is -1.58. The molecule has 2 heterocycles. The van der Waals surface area contributed by atoms with E-state index in [9.17, 15) is 0 Å². The molecule has 0 radical (unpaired) electrons. The van der Waals surface area contributed by atoms with Gasteiger partial charge in [-0.3, -0.25) is 4.57 Å². The lowest BCUT2D eigenvalue weighted by atomic mass is 10.3. The van der Waals surface area contributed by atoms with E-state index in [0.29, 0.717) is 17.3 Å². The van der Waals surface area contributed by atoms with Gasteiger partial charge in [-0.25, -0.2) is 9.97 Å². The Bertz CT molecular complexity index is 748. The van der Waals surface area contributed by atoms with Gasteiger partial charge in [-0.1, -0.05) is 11.6 Å². The minimum Gasteiger partial charge on any atom is -0.281 e. The fraction of sp³-hybridized carbons (Fsp3) is 0.200. The monoisotopic (exact) mass is 305 g/mol. The zero-order valence-electron chi connectivity index (χ0n) is 11.0. The first-order valence-electron chi connectivity index (χ1n) is 6.35. The van der Waals surface area contributed by atoms with E-state index in [1.807, 2.05) is 48.0 Å². The van der Waals surface area contributed by atoms with Crippen LogP contribution in [0.15, 0.2) is 36.5 Å². The van der Waals surface area contributed by atoms with Gasteiger partial charge >= 0.3 is 0 Å². The third-order valence-electron chi connectivity index (χ3n) is 3.11. The molecular formula is C15H13Cl2N3. The quantitative estimate of drug-likeness (QED) is 0.680. The van der Waals surface area contributed by atoms with E-state index in [-0.39, 0.29) is 0 Å². The Balaban J connectivity index is 2.25. The molecule has 5 heteroatoms. The molecule has 3 aromatic rings. The predicted octanol–water partition coefficient (Wildman–Crippen LogP) is 4.16. The number of fused-ring (bicyclic) bond motifs is 1. The van der Waals surface area contributed by atoms with Crippen molar-refractivity contribution >= 4 is 34.4 Å². The fourth-order valence-corrected chi connectivity index (χ4v) is 2.52. The number of aryl methyl sites for hydroxylation is 2. The molecule has 0 amide bonds. The van der Waals surface area contributed by atoms with E-state index in [1.54, 1.807) is 0 Å². The molecule has 20 heavy (non-hydrogen) atoms. The summed E-state index contributed by atoms with van der Waals surface area (Å²) in [5.41, 5.74) is 3.82. The van der Waals surface area contributed by atoms with E-state index >= 15 is 0 Å². The van der Waals surface area contributed by atoms with Crippen LogP contribution in [0.4, 0.5) is 0 Å². The second-order valence-electron chi connectivity index (χ2n) is 4.63. The van der Waals surface area contributed by atoms with Gasteiger partial charge in [-0.2, -0.15) is 0 Å². The van der Waals surface area contributed by atoms with Gasteiger partial charge in [0.15, 0.2) is 5.65 Å². The molecule has 0 spiro atoms. The van der Waals surface area contributed by atoms with Gasteiger partial charge in [0.2, 0.25) is 0 Å². The molecule has 3 nitrogen and oxygen atoms in total. The number of halogens is 2. The third kappa shape index (κ3) is 2.39. The molecule has 0 bridgehead atoms. The number of hydrogen-bond donors (Lipinski definition) is 0. The maximum absolute atomic E-state index is 5.95. The Kier molecular flexibility index (Phi) is 3.64. The number of benzene rings is 1. The number of nitrogens with zero attached hydrogens (tertiary/aromatic N) is 3. The van der Waals surface area contributed by atoms with Crippen molar-refractivity contribution in [3.63, 3.8) is 0 Å². The zero-order chi connectivity index (χ0) is 14.1. The van der Waals surface area contributed by atoms with Crippen molar-refractivity contribution in [3.05, 3.63) is 52.9 Å². The number of alkyl halides is 1. The first kappa shape index (κ1) is 13.4. The predicted molar refractivity (Wildman–Crippen MR) is 83.0 cm³/mol. The summed E-state index contributed by atoms with van der Waals surface area (Å²) in [6.45, 7) is 2.01. The molecule has 1 aromatic carbocycles. The molecule has 0 saturated heterocycles. The van der Waals surface area contributed by atoms with Crippen LogP contribution in [0, 0.1) is 6.92 Å². The maximum Gasteiger partial charge on any atom is 0.164 e. The number of imidazole rings is 1. The highest BCUT2D eigenvalue weighted by molar-refractivity contribution is 6.30. The van der Waals surface area contributed by atoms with Gasteiger partial charge in [0.05, 0.1) is 0 Å². The van der Waals surface area contributed by atoms with Crippen LogP contribution in [-0.4, -0.2) is 20.4 Å². The van der Waals surface area contributed by atoms with E-state index < -0.39 is 0 Å². The summed E-state index contributed by atoms with van der Waals surface area (Å²) in [4.78, 5) is 9.15. The van der Waals surface area contributed by atoms with Crippen LogP contribution in [0.3, 0.4) is 0 Å². The Morgan fingerprint density at radius 2 is 1.95 bits per heavy atom. The summed E-state index contributed by atoms with van der Waals surface area (Å²) < 4.78 is 2.04. The Morgan fingerprint density at radius 3 is 2.65 bits per heavy atom. The molecule has 0 saturated carbocycles. The third-order valence-corrected chi connectivity index (χ3v) is 3.55. The molecule has 102 valence electrons. The van der Waals surface area contributed by atoms with Gasteiger partial charge in [-0.05, 0) is 42.8 Å². The Labute approximate surface area is 127 Å². The summed E-state index contributed by atoms with van der Waals surface area (Å²) in [5.74, 6) is 1.44. The first-order chi connectivity index (χ1) is 9.69. The first-order valence-corrected chi connectivity index (χ1v) is 7.26. The standard InChI is InChI=1S/C15H13Cl2N3/c1-10-8-13-15(18-9-10)20(14(19-13)6-7-16)12-4-2-11(17)3-5-12/h2-5,8-9H,6-7H2,1H3. The fourth-order valence-electron chi connectivity index (χ4n) is 2.23. The topological polar surface area (TPSA) is 30.7 Å². The lowest BCUT2D eigenvalue weighted by Crippen LogP contribution is -2.02. The Morgan fingerprint density at radius 1 is 1.20 bits per heavy atom. The minimum atomic E-state index is 0.524. The lowest BCUT2D eigenvalue weighted by molar-refractivity contribution is 0.905. The molecular weight excluding hydrogens is 293 g/mol. The summed E-state index contributed by atoms with van der Waals surface area (Å²) in [5, 5.41) is 0.709. The molecule has 0 fully saturated rings. The number of rotatable bonds is 3. The van der Waals surface area contributed by atoms with E-state index in [2.05, 4.69) is 9.97 Å². The van der Waals surface area contributed by atoms with Crippen LogP contribution >= 0.6 is 23.2 Å². The highest BCUT2D eigenvalue weighted by Gasteiger charge is 2.13. The molecule has 0 aliphatic heterocycles. The van der Waals surface area contributed by atoms with Crippen LogP contribution in [0.5, 0.6) is 0 Å². The zero-order valence-corrected chi connectivity index (χ0v) is 12.5. The molecule has 0 unspecified atom stereocenters. The van der Waals surface area contributed by atoms with E-state index in [4.69, 9.17) is 23.2 Å². The van der Waals surface area contributed by atoms with Gasteiger partial charge in [0.1, 0.15) is 11.3 Å². The van der Waals surface area contributed by atoms with Crippen LogP contribution < -0.4 is 0 Å². The van der Waals surface area contributed by atoms with Gasteiger partial charge < -0.3 is 0 Å². The molecule has 2 aromatic heterocycles. The van der Waals surface area contributed by atoms with Gasteiger partial charge in [-0.15, -0.1) is 11.6 Å². The summed E-state index contributed by atoms with van der Waals surface area (Å²) in [6.07, 6.45) is 2.54. The van der Waals surface area contributed by atoms with Crippen LogP contribution in [0.25, 0.3) is 16.9 Å². The summed E-state index contributed by atoms with van der Waals surface area (Å²) in [6, 6.07) is 9.68. The van der Waals surface area contributed by atoms with E-state index in [1.165, 1.54) is 0 Å². The van der Waals surface area contributed by atoms with Gasteiger partial charge in [0, 0.05) is 29.2 Å². The van der Waals surface area contributed by atoms with Crippen molar-refractivity contribution in [2.75, 3.05) is 5.88 Å². The highest BCUT2D eigenvalue weighted by atomic mass is 35.5. The molecule has 0 aliphatic carbocycles. The normalized spacial score (nSPS) is 11.2. The van der Waals surface area contributed by atoms with Crippen molar-refractivity contribution in [2.45, 2.75) is 13.3 Å². The molecule has 0 aliphatic rings. The van der Waals surface area contributed by atoms with Crippen molar-refractivity contribution in [1.82, 2.24) is 14.5 Å². The average molecular weight is 306 g/mol.